The highest BCUT2D eigenvalue weighted by Crippen LogP contribution is 2.18. The Hall–Kier alpha value is -1.43. The van der Waals surface area contributed by atoms with Crippen LogP contribution in [0.4, 0.5) is 0 Å². The lowest BCUT2D eigenvalue weighted by Gasteiger charge is -2.23. The van der Waals surface area contributed by atoms with Crippen molar-refractivity contribution in [2.75, 3.05) is 18.6 Å². The summed E-state index contributed by atoms with van der Waals surface area (Å²) in [6.45, 7) is 0. The van der Waals surface area contributed by atoms with Gasteiger partial charge in [-0.15, -0.1) is 0 Å². The Morgan fingerprint density at radius 2 is 2.29 bits per heavy atom. The van der Waals surface area contributed by atoms with Gasteiger partial charge < -0.3 is 4.90 Å². The van der Waals surface area contributed by atoms with Crippen molar-refractivity contribution in [1.82, 2.24) is 9.88 Å². The second-order valence-electron chi connectivity index (χ2n) is 4.21. The first-order chi connectivity index (χ1) is 7.99. The lowest BCUT2D eigenvalue weighted by Crippen LogP contribution is -2.37. The molecular formula is C11H14N2O3S. The van der Waals surface area contributed by atoms with Gasteiger partial charge in [0.15, 0.2) is 9.84 Å². The van der Waals surface area contributed by atoms with Gasteiger partial charge in [-0.2, -0.15) is 0 Å². The van der Waals surface area contributed by atoms with Crippen LogP contribution in [0.5, 0.6) is 0 Å². The highest BCUT2D eigenvalue weighted by Gasteiger charge is 2.32. The number of sulfone groups is 1. The zero-order valence-electron chi connectivity index (χ0n) is 9.54. The zero-order chi connectivity index (χ0) is 12.5. The second kappa shape index (κ2) is 4.44. The van der Waals surface area contributed by atoms with Crippen LogP contribution in [0.25, 0.3) is 0 Å². The fourth-order valence-electron chi connectivity index (χ4n) is 1.94. The number of carbonyl (C=O) groups is 1. The van der Waals surface area contributed by atoms with Crippen LogP contribution in [0.15, 0.2) is 24.5 Å². The number of hydrogen-bond donors (Lipinski definition) is 0. The molecule has 0 spiro atoms. The molecule has 0 unspecified atom stereocenters. The Bertz CT molecular complexity index is 513. The summed E-state index contributed by atoms with van der Waals surface area (Å²) in [5.74, 6) is 0.0536. The summed E-state index contributed by atoms with van der Waals surface area (Å²) in [6, 6.07) is 3.15. The Morgan fingerprint density at radius 1 is 1.53 bits per heavy atom. The summed E-state index contributed by atoms with van der Waals surface area (Å²) >= 11 is 0. The van der Waals surface area contributed by atoms with Crippen molar-refractivity contribution < 1.29 is 13.2 Å². The lowest BCUT2D eigenvalue weighted by molar-refractivity contribution is 0.0747. The lowest BCUT2D eigenvalue weighted by atomic mass is 10.2. The molecule has 0 bridgehead atoms. The van der Waals surface area contributed by atoms with Crippen molar-refractivity contribution in [2.24, 2.45) is 0 Å². The topological polar surface area (TPSA) is 67.3 Å². The Kier molecular flexibility index (Phi) is 3.15. The van der Waals surface area contributed by atoms with Crippen LogP contribution >= 0.6 is 0 Å². The Morgan fingerprint density at radius 3 is 2.82 bits per heavy atom. The Balaban J connectivity index is 2.11. The van der Waals surface area contributed by atoms with Gasteiger partial charge in [-0.05, 0) is 18.6 Å². The van der Waals surface area contributed by atoms with Crippen molar-refractivity contribution in [3.05, 3.63) is 30.1 Å². The molecule has 1 saturated heterocycles. The molecular weight excluding hydrogens is 240 g/mol. The molecule has 0 radical (unpaired) electrons. The predicted molar refractivity (Wildman–Crippen MR) is 63.4 cm³/mol. The quantitative estimate of drug-likeness (QED) is 0.763. The van der Waals surface area contributed by atoms with Gasteiger partial charge in [-0.3, -0.25) is 9.78 Å². The average molecular weight is 254 g/mol. The SMILES string of the molecule is CN(C(=O)c1cccnc1)[C@H]1CCS(=O)(=O)C1. The summed E-state index contributed by atoms with van der Waals surface area (Å²) < 4.78 is 22.7. The van der Waals surface area contributed by atoms with E-state index >= 15 is 0 Å². The molecule has 2 heterocycles. The average Bonchev–Trinajstić information content (AvgIpc) is 2.69. The molecule has 2 rings (SSSR count). The van der Waals surface area contributed by atoms with Gasteiger partial charge in [0.05, 0.1) is 17.1 Å². The normalized spacial score (nSPS) is 22.3. The smallest absolute Gasteiger partial charge is 0.255 e. The maximum atomic E-state index is 12.0. The van der Waals surface area contributed by atoms with Crippen LogP contribution in [-0.4, -0.2) is 48.8 Å². The molecule has 0 aliphatic carbocycles. The van der Waals surface area contributed by atoms with Gasteiger partial charge in [0.1, 0.15) is 0 Å². The van der Waals surface area contributed by atoms with Gasteiger partial charge >= 0.3 is 0 Å². The van der Waals surface area contributed by atoms with Crippen molar-refractivity contribution in [3.63, 3.8) is 0 Å². The number of amides is 1. The molecule has 1 aromatic rings. The standard InChI is InChI=1S/C11H14N2O3S/c1-13(10-4-6-17(15,16)8-10)11(14)9-3-2-5-12-7-9/h2-3,5,7,10H,4,6,8H2,1H3/t10-/m0/s1. The van der Waals surface area contributed by atoms with E-state index < -0.39 is 9.84 Å². The molecule has 0 aromatic carbocycles. The minimum Gasteiger partial charge on any atom is -0.338 e. The third-order valence-electron chi connectivity index (χ3n) is 2.98. The van der Waals surface area contributed by atoms with Crippen LogP contribution in [0.3, 0.4) is 0 Å². The number of carbonyl (C=O) groups excluding carboxylic acids is 1. The first-order valence-electron chi connectivity index (χ1n) is 5.37. The number of hydrogen-bond acceptors (Lipinski definition) is 4. The van der Waals surface area contributed by atoms with Crippen LogP contribution in [0.2, 0.25) is 0 Å². The number of aromatic nitrogens is 1. The zero-order valence-corrected chi connectivity index (χ0v) is 10.4. The first-order valence-corrected chi connectivity index (χ1v) is 7.19. The molecule has 17 heavy (non-hydrogen) atoms. The predicted octanol–water partition coefficient (Wildman–Crippen LogP) is 0.341. The summed E-state index contributed by atoms with van der Waals surface area (Å²) in [7, 11) is -1.33. The minimum atomic E-state index is -2.97. The maximum Gasteiger partial charge on any atom is 0.255 e. The fraction of sp³-hybridized carbons (Fsp3) is 0.455. The van der Waals surface area contributed by atoms with E-state index in [-0.39, 0.29) is 23.5 Å². The molecule has 0 saturated carbocycles. The number of pyridine rings is 1. The molecule has 0 N–H and O–H groups in total. The van der Waals surface area contributed by atoms with Crippen LogP contribution in [-0.2, 0) is 9.84 Å². The molecule has 1 amide bonds. The summed E-state index contributed by atoms with van der Waals surface area (Å²) in [5, 5.41) is 0. The van der Waals surface area contributed by atoms with Crippen molar-refractivity contribution in [2.45, 2.75) is 12.5 Å². The summed E-state index contributed by atoms with van der Waals surface area (Å²) in [5.41, 5.74) is 0.485. The molecule has 6 heteroatoms. The maximum absolute atomic E-state index is 12.0. The molecule has 1 aromatic heterocycles. The van der Waals surface area contributed by atoms with Gasteiger partial charge in [0.25, 0.3) is 5.91 Å². The molecule has 1 fully saturated rings. The van der Waals surface area contributed by atoms with E-state index in [1.165, 1.54) is 11.1 Å². The summed E-state index contributed by atoms with van der Waals surface area (Å²) in [4.78, 5) is 17.4. The molecule has 5 nitrogen and oxygen atoms in total. The highest BCUT2D eigenvalue weighted by molar-refractivity contribution is 7.91. The van der Waals surface area contributed by atoms with Crippen molar-refractivity contribution >= 4 is 15.7 Å². The summed E-state index contributed by atoms with van der Waals surface area (Å²) in [6.07, 6.45) is 3.60. The first kappa shape index (κ1) is 12.0. The van der Waals surface area contributed by atoms with E-state index in [1.807, 2.05) is 0 Å². The van der Waals surface area contributed by atoms with E-state index in [0.29, 0.717) is 12.0 Å². The monoisotopic (exact) mass is 254 g/mol. The fourth-order valence-corrected chi connectivity index (χ4v) is 3.71. The molecule has 1 atom stereocenters. The van der Waals surface area contributed by atoms with Crippen LogP contribution in [0.1, 0.15) is 16.8 Å². The van der Waals surface area contributed by atoms with E-state index in [2.05, 4.69) is 4.98 Å². The molecule has 1 aliphatic rings. The van der Waals surface area contributed by atoms with E-state index in [1.54, 1.807) is 25.4 Å². The van der Waals surface area contributed by atoms with Gasteiger partial charge in [0.2, 0.25) is 0 Å². The van der Waals surface area contributed by atoms with Crippen LogP contribution < -0.4 is 0 Å². The minimum absolute atomic E-state index is 0.0650. The van der Waals surface area contributed by atoms with Gasteiger partial charge in [0, 0.05) is 25.5 Å². The van der Waals surface area contributed by atoms with Crippen LogP contribution in [0, 0.1) is 0 Å². The van der Waals surface area contributed by atoms with Crippen molar-refractivity contribution in [3.8, 4) is 0 Å². The van der Waals surface area contributed by atoms with E-state index in [4.69, 9.17) is 0 Å². The largest absolute Gasteiger partial charge is 0.338 e. The van der Waals surface area contributed by atoms with Gasteiger partial charge in [-0.1, -0.05) is 0 Å². The van der Waals surface area contributed by atoms with E-state index in [0.717, 1.165) is 0 Å². The molecule has 1 aliphatic heterocycles. The highest BCUT2D eigenvalue weighted by atomic mass is 32.2. The van der Waals surface area contributed by atoms with Gasteiger partial charge in [-0.25, -0.2) is 8.42 Å². The van der Waals surface area contributed by atoms with E-state index in [9.17, 15) is 13.2 Å². The third kappa shape index (κ3) is 2.63. The van der Waals surface area contributed by atoms with Crippen molar-refractivity contribution in [1.29, 1.82) is 0 Å². The number of nitrogens with zero attached hydrogens (tertiary/aromatic N) is 2. The Labute approximate surface area is 100 Å². The number of rotatable bonds is 2. The second-order valence-corrected chi connectivity index (χ2v) is 6.44. The molecule has 92 valence electrons. The third-order valence-corrected chi connectivity index (χ3v) is 4.74.